The van der Waals surface area contributed by atoms with E-state index in [4.69, 9.17) is 4.98 Å². The smallest absolute Gasteiger partial charge is 0.319 e. The molecule has 0 bridgehead atoms. The summed E-state index contributed by atoms with van der Waals surface area (Å²) in [5, 5.41) is 12.1. The van der Waals surface area contributed by atoms with Crippen molar-refractivity contribution in [1.29, 1.82) is 0 Å². The number of fused-ring (bicyclic) bond motifs is 2. The van der Waals surface area contributed by atoms with Gasteiger partial charge in [0.05, 0.1) is 11.4 Å². The minimum atomic E-state index is -0.269. The van der Waals surface area contributed by atoms with Crippen LogP contribution < -0.4 is 26.2 Å². The maximum absolute atomic E-state index is 12.8. The Kier molecular flexibility index (Phi) is 6.23. The van der Waals surface area contributed by atoms with Gasteiger partial charge in [0, 0.05) is 31.0 Å². The normalized spacial score (nSPS) is 18.8. The van der Waals surface area contributed by atoms with Crippen molar-refractivity contribution in [2.75, 3.05) is 48.0 Å². The van der Waals surface area contributed by atoms with Crippen LogP contribution in [0.15, 0.2) is 24.4 Å². The summed E-state index contributed by atoms with van der Waals surface area (Å²) in [7, 11) is 4.14. The third-order valence-corrected chi connectivity index (χ3v) is 7.04. The molecule has 2 aromatic rings. The molecule has 5 rings (SSSR count). The molecule has 1 aromatic heterocycles. The number of aromatic nitrogens is 2. The van der Waals surface area contributed by atoms with Gasteiger partial charge in [-0.3, -0.25) is 4.79 Å². The molecule has 3 heterocycles. The zero-order valence-electron chi connectivity index (χ0n) is 19.7. The Balaban J connectivity index is 1.34. The second-order valence-electron chi connectivity index (χ2n) is 9.50. The van der Waals surface area contributed by atoms with Gasteiger partial charge in [0.1, 0.15) is 11.4 Å². The maximum Gasteiger partial charge on any atom is 0.319 e. The molecule has 1 aliphatic carbocycles. The van der Waals surface area contributed by atoms with E-state index in [1.54, 1.807) is 24.4 Å². The molecular weight excluding hydrogens is 432 g/mol. The zero-order chi connectivity index (χ0) is 23.7. The number of urea groups is 1. The Hall–Kier alpha value is -3.40. The van der Waals surface area contributed by atoms with Crippen LogP contribution in [0.1, 0.15) is 48.9 Å². The highest BCUT2D eigenvalue weighted by atomic mass is 16.2. The highest BCUT2D eigenvalue weighted by Gasteiger charge is 2.26. The Bertz CT molecular complexity index is 1080. The Labute approximate surface area is 199 Å². The Morgan fingerprint density at radius 3 is 2.65 bits per heavy atom. The molecule has 0 spiro atoms. The molecule has 0 unspecified atom stereocenters. The van der Waals surface area contributed by atoms with Crippen molar-refractivity contribution in [3.63, 3.8) is 0 Å². The fourth-order valence-corrected chi connectivity index (χ4v) is 4.92. The van der Waals surface area contributed by atoms with Gasteiger partial charge in [-0.2, -0.15) is 4.98 Å². The molecule has 10 nitrogen and oxygen atoms in total. The van der Waals surface area contributed by atoms with Gasteiger partial charge in [0.25, 0.3) is 5.91 Å². The molecule has 180 valence electrons. The number of nitrogens with zero attached hydrogens (tertiary/aromatic N) is 4. The summed E-state index contributed by atoms with van der Waals surface area (Å²) in [6, 6.07) is 5.74. The number of benzene rings is 1. The standard InChI is InChI=1S/C24H32N8O2/c1-31-11-9-17(10-12-31)32(2)23-25-14-18-21(30-23)28-20-13-16(7-8-19(20)29-22(18)33)27-24(34)26-15-5-3-4-6-15/h7-8,13-15,17H,3-6,9-12H2,1-2H3,(H,29,33)(H,25,28,30)(H2,26,27,34). The van der Waals surface area contributed by atoms with E-state index in [0.29, 0.717) is 40.4 Å². The molecule has 1 saturated carbocycles. The van der Waals surface area contributed by atoms with E-state index in [-0.39, 0.29) is 18.0 Å². The molecule has 1 aromatic carbocycles. The van der Waals surface area contributed by atoms with Gasteiger partial charge < -0.3 is 31.1 Å². The molecule has 2 aliphatic heterocycles. The van der Waals surface area contributed by atoms with Gasteiger partial charge in [0.2, 0.25) is 5.95 Å². The van der Waals surface area contributed by atoms with Crippen molar-refractivity contribution in [3.05, 3.63) is 30.0 Å². The first-order chi connectivity index (χ1) is 16.5. The molecule has 3 aliphatic rings. The van der Waals surface area contributed by atoms with Crippen LogP contribution in [0.4, 0.5) is 33.6 Å². The number of likely N-dealkylation sites (tertiary alicyclic amines) is 1. The van der Waals surface area contributed by atoms with Crippen molar-refractivity contribution in [2.24, 2.45) is 0 Å². The summed E-state index contributed by atoms with van der Waals surface area (Å²) in [6.45, 7) is 2.08. The first kappa shape index (κ1) is 22.4. The lowest BCUT2D eigenvalue weighted by molar-refractivity contribution is 0.102. The minimum absolute atomic E-state index is 0.214. The lowest BCUT2D eigenvalue weighted by Gasteiger charge is -2.35. The molecule has 3 amide bonds. The number of carbonyl (C=O) groups is 2. The summed E-state index contributed by atoms with van der Waals surface area (Å²) >= 11 is 0. The number of hydrogen-bond donors (Lipinski definition) is 4. The van der Waals surface area contributed by atoms with Gasteiger partial charge in [0.15, 0.2) is 0 Å². The van der Waals surface area contributed by atoms with Crippen LogP contribution in [0.25, 0.3) is 0 Å². The van der Waals surface area contributed by atoms with Gasteiger partial charge in [-0.15, -0.1) is 0 Å². The lowest BCUT2D eigenvalue weighted by atomic mass is 10.0. The topological polar surface area (TPSA) is 115 Å². The summed E-state index contributed by atoms with van der Waals surface area (Å²) in [6.07, 6.45) is 8.02. The summed E-state index contributed by atoms with van der Waals surface area (Å²) in [5.74, 6) is 0.769. The maximum atomic E-state index is 12.8. The van der Waals surface area contributed by atoms with Gasteiger partial charge in [-0.05, 0) is 64.0 Å². The molecule has 34 heavy (non-hydrogen) atoms. The van der Waals surface area contributed by atoms with E-state index in [9.17, 15) is 9.59 Å². The fourth-order valence-electron chi connectivity index (χ4n) is 4.92. The molecule has 1 saturated heterocycles. The van der Waals surface area contributed by atoms with Crippen LogP contribution in [-0.4, -0.2) is 66.1 Å². The van der Waals surface area contributed by atoms with Crippen LogP contribution >= 0.6 is 0 Å². The molecule has 10 heteroatoms. The number of hydrogen-bond acceptors (Lipinski definition) is 7. The van der Waals surface area contributed by atoms with Crippen LogP contribution in [0.3, 0.4) is 0 Å². The number of carbonyl (C=O) groups excluding carboxylic acids is 2. The fraction of sp³-hybridized carbons (Fsp3) is 0.500. The SMILES string of the molecule is CN1CCC(N(C)c2ncc3c(n2)Nc2cc(NC(=O)NC4CCCC4)ccc2NC3=O)CC1. The van der Waals surface area contributed by atoms with E-state index in [2.05, 4.69) is 43.1 Å². The van der Waals surface area contributed by atoms with Crippen LogP contribution in [0.2, 0.25) is 0 Å². The van der Waals surface area contributed by atoms with E-state index in [0.717, 1.165) is 51.6 Å². The molecule has 2 fully saturated rings. The van der Waals surface area contributed by atoms with Gasteiger partial charge in [-0.25, -0.2) is 9.78 Å². The Morgan fingerprint density at radius 2 is 1.88 bits per heavy atom. The number of nitrogens with one attached hydrogen (secondary N) is 4. The van der Waals surface area contributed by atoms with E-state index >= 15 is 0 Å². The third-order valence-electron chi connectivity index (χ3n) is 7.04. The lowest BCUT2D eigenvalue weighted by Crippen LogP contribution is -2.42. The molecule has 0 radical (unpaired) electrons. The average Bonchev–Trinajstić information content (AvgIpc) is 3.28. The summed E-state index contributed by atoms with van der Waals surface area (Å²) in [4.78, 5) is 38.8. The highest BCUT2D eigenvalue weighted by molar-refractivity contribution is 6.11. The average molecular weight is 465 g/mol. The summed E-state index contributed by atoms with van der Waals surface area (Å²) in [5.41, 5.74) is 2.30. The quantitative estimate of drug-likeness (QED) is 0.548. The van der Waals surface area contributed by atoms with E-state index in [1.165, 1.54) is 0 Å². The number of anilines is 5. The number of amides is 3. The minimum Gasteiger partial charge on any atom is -0.341 e. The van der Waals surface area contributed by atoms with E-state index in [1.807, 2.05) is 7.05 Å². The zero-order valence-corrected chi connectivity index (χ0v) is 19.7. The van der Waals surface area contributed by atoms with Crippen molar-refractivity contribution < 1.29 is 9.59 Å². The first-order valence-electron chi connectivity index (χ1n) is 12.0. The van der Waals surface area contributed by atoms with Gasteiger partial charge >= 0.3 is 6.03 Å². The number of piperidine rings is 1. The van der Waals surface area contributed by atoms with Crippen LogP contribution in [0.5, 0.6) is 0 Å². The second kappa shape index (κ2) is 9.46. The largest absolute Gasteiger partial charge is 0.341 e. The van der Waals surface area contributed by atoms with Crippen molar-refractivity contribution >= 4 is 40.8 Å². The predicted octanol–water partition coefficient (Wildman–Crippen LogP) is 3.38. The monoisotopic (exact) mass is 464 g/mol. The van der Waals surface area contributed by atoms with Crippen LogP contribution in [0, 0.1) is 0 Å². The predicted molar refractivity (Wildman–Crippen MR) is 133 cm³/mol. The van der Waals surface area contributed by atoms with Crippen molar-refractivity contribution in [2.45, 2.75) is 50.6 Å². The van der Waals surface area contributed by atoms with Crippen molar-refractivity contribution in [1.82, 2.24) is 20.2 Å². The second-order valence-corrected chi connectivity index (χ2v) is 9.50. The van der Waals surface area contributed by atoms with Crippen molar-refractivity contribution in [3.8, 4) is 0 Å². The molecular formula is C24H32N8O2. The van der Waals surface area contributed by atoms with Gasteiger partial charge in [-0.1, -0.05) is 12.8 Å². The molecule has 0 atom stereocenters. The Morgan fingerprint density at radius 1 is 1.12 bits per heavy atom. The van der Waals surface area contributed by atoms with Crippen LogP contribution in [-0.2, 0) is 0 Å². The first-order valence-corrected chi connectivity index (χ1v) is 12.0. The summed E-state index contributed by atoms with van der Waals surface area (Å²) < 4.78 is 0. The highest BCUT2D eigenvalue weighted by Crippen LogP contribution is 2.34. The van der Waals surface area contributed by atoms with E-state index < -0.39 is 0 Å². The third kappa shape index (κ3) is 4.77. The molecule has 4 N–H and O–H groups in total. The number of rotatable bonds is 4.